The maximum atomic E-state index is 12.0. The zero-order chi connectivity index (χ0) is 18.9. The summed E-state index contributed by atoms with van der Waals surface area (Å²) in [4.78, 5) is 33.7. The highest BCUT2D eigenvalue weighted by molar-refractivity contribution is 5.94. The highest BCUT2D eigenvalue weighted by Gasteiger charge is 2.08. The van der Waals surface area contributed by atoms with Crippen LogP contribution in [-0.2, 0) is 9.59 Å². The average molecular weight is 357 g/mol. The van der Waals surface area contributed by atoms with Gasteiger partial charge in [-0.05, 0) is 36.8 Å². The van der Waals surface area contributed by atoms with Crippen LogP contribution < -0.4 is 15.4 Å². The number of amides is 2. The summed E-state index contributed by atoms with van der Waals surface area (Å²) in [7, 11) is 0. The van der Waals surface area contributed by atoms with Crippen LogP contribution in [0.1, 0.15) is 19.8 Å². The smallest absolute Gasteiger partial charge is 0.269 e. The number of rotatable bonds is 8. The summed E-state index contributed by atoms with van der Waals surface area (Å²) in [5.74, 6) is -0.121. The molecule has 0 bridgehead atoms. The second-order valence-electron chi connectivity index (χ2n) is 5.47. The Bertz CT molecular complexity index is 790. The highest BCUT2D eigenvalue weighted by Crippen LogP contribution is 2.18. The van der Waals surface area contributed by atoms with E-state index in [1.807, 2.05) is 6.92 Å². The number of carbonyl (C=O) groups is 2. The lowest BCUT2D eigenvalue weighted by Gasteiger charge is -2.09. The number of nitrogens with one attached hydrogen (secondary N) is 2. The lowest BCUT2D eigenvalue weighted by molar-refractivity contribution is -0.384. The van der Waals surface area contributed by atoms with Crippen molar-refractivity contribution in [1.82, 2.24) is 0 Å². The molecule has 2 N–H and O–H groups in total. The molecule has 2 aromatic carbocycles. The first-order chi connectivity index (χ1) is 12.5. The SMILES string of the molecule is CCCC(=O)Nc1cccc(NC(=O)COc2ccc([N+](=O)[O-])cc2)c1. The molecule has 0 aliphatic heterocycles. The van der Waals surface area contributed by atoms with Gasteiger partial charge in [-0.2, -0.15) is 0 Å². The fourth-order valence-electron chi connectivity index (χ4n) is 2.14. The number of nitro groups is 1. The summed E-state index contributed by atoms with van der Waals surface area (Å²) < 4.78 is 5.30. The van der Waals surface area contributed by atoms with E-state index in [4.69, 9.17) is 4.74 Å². The molecule has 0 atom stereocenters. The van der Waals surface area contributed by atoms with Gasteiger partial charge in [0.05, 0.1) is 4.92 Å². The van der Waals surface area contributed by atoms with Gasteiger partial charge in [0.2, 0.25) is 5.91 Å². The van der Waals surface area contributed by atoms with E-state index in [-0.39, 0.29) is 24.1 Å². The van der Waals surface area contributed by atoms with Gasteiger partial charge >= 0.3 is 0 Å². The first-order valence-corrected chi connectivity index (χ1v) is 8.05. The molecule has 0 unspecified atom stereocenters. The number of hydrogen-bond donors (Lipinski definition) is 2. The molecular formula is C18H19N3O5. The Kier molecular flexibility index (Phi) is 6.67. The summed E-state index contributed by atoms with van der Waals surface area (Å²) >= 11 is 0. The van der Waals surface area contributed by atoms with Gasteiger partial charge in [-0.15, -0.1) is 0 Å². The second-order valence-corrected chi connectivity index (χ2v) is 5.47. The minimum absolute atomic E-state index is 0.0521. The fraction of sp³-hybridized carbons (Fsp3) is 0.222. The van der Waals surface area contributed by atoms with Crippen molar-refractivity contribution in [2.45, 2.75) is 19.8 Å². The number of nitrogens with zero attached hydrogens (tertiary/aromatic N) is 1. The monoisotopic (exact) mass is 357 g/mol. The predicted molar refractivity (Wildman–Crippen MR) is 97.2 cm³/mol. The van der Waals surface area contributed by atoms with E-state index in [1.54, 1.807) is 24.3 Å². The van der Waals surface area contributed by atoms with Crippen LogP contribution >= 0.6 is 0 Å². The lowest BCUT2D eigenvalue weighted by atomic mass is 10.2. The first kappa shape index (κ1) is 18.9. The summed E-state index contributed by atoms with van der Waals surface area (Å²) in [6.07, 6.45) is 1.18. The third-order valence-corrected chi connectivity index (χ3v) is 3.32. The van der Waals surface area contributed by atoms with Crippen LogP contribution in [0.4, 0.5) is 17.1 Å². The van der Waals surface area contributed by atoms with Crippen LogP contribution in [0.2, 0.25) is 0 Å². The molecule has 0 saturated heterocycles. The molecule has 2 amide bonds. The first-order valence-electron chi connectivity index (χ1n) is 8.05. The van der Waals surface area contributed by atoms with E-state index in [0.717, 1.165) is 6.42 Å². The molecule has 136 valence electrons. The van der Waals surface area contributed by atoms with Crippen molar-refractivity contribution in [3.8, 4) is 5.75 Å². The Morgan fingerprint density at radius 1 is 1.04 bits per heavy atom. The Labute approximate surface area is 150 Å². The summed E-state index contributed by atoms with van der Waals surface area (Å²) in [6, 6.07) is 12.2. The van der Waals surface area contributed by atoms with Crippen LogP contribution in [0, 0.1) is 10.1 Å². The predicted octanol–water partition coefficient (Wildman–Crippen LogP) is 3.35. The van der Waals surface area contributed by atoms with Crippen molar-refractivity contribution in [2.24, 2.45) is 0 Å². The Hall–Kier alpha value is -3.42. The summed E-state index contributed by atoms with van der Waals surface area (Å²) in [5.41, 5.74) is 1.07. The molecule has 8 heteroatoms. The lowest BCUT2D eigenvalue weighted by Crippen LogP contribution is -2.20. The molecule has 0 heterocycles. The molecule has 0 aliphatic rings. The summed E-state index contributed by atoms with van der Waals surface area (Å²) in [6.45, 7) is 1.67. The van der Waals surface area contributed by atoms with Gasteiger partial charge < -0.3 is 15.4 Å². The molecule has 0 aliphatic carbocycles. The van der Waals surface area contributed by atoms with Crippen LogP contribution in [-0.4, -0.2) is 23.3 Å². The molecule has 2 rings (SSSR count). The van der Waals surface area contributed by atoms with E-state index in [2.05, 4.69) is 10.6 Å². The summed E-state index contributed by atoms with van der Waals surface area (Å²) in [5, 5.41) is 16.0. The minimum atomic E-state index is -0.511. The molecule has 0 aromatic heterocycles. The molecule has 0 spiro atoms. The van der Waals surface area contributed by atoms with Gasteiger partial charge in [-0.3, -0.25) is 19.7 Å². The van der Waals surface area contributed by atoms with Crippen molar-refractivity contribution in [1.29, 1.82) is 0 Å². The van der Waals surface area contributed by atoms with E-state index in [0.29, 0.717) is 23.5 Å². The maximum Gasteiger partial charge on any atom is 0.269 e. The molecule has 0 fully saturated rings. The number of nitro benzene ring substituents is 1. The molecule has 8 nitrogen and oxygen atoms in total. The topological polar surface area (TPSA) is 111 Å². The average Bonchev–Trinajstić information content (AvgIpc) is 2.61. The number of anilines is 2. The second kappa shape index (κ2) is 9.16. The Balaban J connectivity index is 1.87. The third kappa shape index (κ3) is 5.90. The van der Waals surface area contributed by atoms with Crippen molar-refractivity contribution in [3.05, 3.63) is 58.6 Å². The minimum Gasteiger partial charge on any atom is -0.484 e. The molecule has 0 saturated carbocycles. The van der Waals surface area contributed by atoms with Crippen LogP contribution in [0.25, 0.3) is 0 Å². The van der Waals surface area contributed by atoms with Gasteiger partial charge in [0.25, 0.3) is 11.6 Å². The Morgan fingerprint density at radius 2 is 1.65 bits per heavy atom. The van der Waals surface area contributed by atoms with Crippen molar-refractivity contribution in [2.75, 3.05) is 17.2 Å². The van der Waals surface area contributed by atoms with Gasteiger partial charge in [-0.25, -0.2) is 0 Å². The highest BCUT2D eigenvalue weighted by atomic mass is 16.6. The standard InChI is InChI=1S/C18H19N3O5/c1-2-4-17(22)19-13-5-3-6-14(11-13)20-18(23)12-26-16-9-7-15(8-10-16)21(24)25/h3,5-11H,2,4,12H2,1H3,(H,19,22)(H,20,23). The fourth-order valence-corrected chi connectivity index (χ4v) is 2.14. The van der Waals surface area contributed by atoms with Crippen LogP contribution in [0.15, 0.2) is 48.5 Å². The largest absolute Gasteiger partial charge is 0.484 e. The van der Waals surface area contributed by atoms with E-state index in [9.17, 15) is 19.7 Å². The van der Waals surface area contributed by atoms with Crippen molar-refractivity contribution >= 4 is 28.9 Å². The number of non-ortho nitro benzene ring substituents is 1. The number of hydrogen-bond acceptors (Lipinski definition) is 5. The van der Waals surface area contributed by atoms with Crippen LogP contribution in [0.5, 0.6) is 5.75 Å². The zero-order valence-corrected chi connectivity index (χ0v) is 14.2. The van der Waals surface area contributed by atoms with Gasteiger partial charge in [-0.1, -0.05) is 13.0 Å². The van der Waals surface area contributed by atoms with Gasteiger partial charge in [0, 0.05) is 29.9 Å². The van der Waals surface area contributed by atoms with E-state index in [1.165, 1.54) is 24.3 Å². The number of benzene rings is 2. The van der Waals surface area contributed by atoms with Gasteiger partial charge in [0.15, 0.2) is 6.61 Å². The molecule has 0 radical (unpaired) electrons. The Morgan fingerprint density at radius 3 is 2.23 bits per heavy atom. The third-order valence-electron chi connectivity index (χ3n) is 3.32. The van der Waals surface area contributed by atoms with E-state index < -0.39 is 4.92 Å². The molecular weight excluding hydrogens is 338 g/mol. The molecule has 26 heavy (non-hydrogen) atoms. The van der Waals surface area contributed by atoms with Crippen LogP contribution in [0.3, 0.4) is 0 Å². The number of ether oxygens (including phenoxy) is 1. The quantitative estimate of drug-likeness (QED) is 0.556. The number of carbonyl (C=O) groups excluding carboxylic acids is 2. The zero-order valence-electron chi connectivity index (χ0n) is 14.2. The van der Waals surface area contributed by atoms with E-state index >= 15 is 0 Å². The maximum absolute atomic E-state index is 12.0. The normalized spacial score (nSPS) is 10.0. The van der Waals surface area contributed by atoms with Crippen molar-refractivity contribution < 1.29 is 19.2 Å². The van der Waals surface area contributed by atoms with Crippen molar-refractivity contribution in [3.63, 3.8) is 0 Å². The van der Waals surface area contributed by atoms with Gasteiger partial charge in [0.1, 0.15) is 5.75 Å². The molecule has 2 aromatic rings.